The van der Waals surface area contributed by atoms with Crippen LogP contribution in [0.5, 0.6) is 5.75 Å². The molecule has 1 aliphatic rings. The maximum absolute atomic E-state index is 13.7. The fourth-order valence-corrected chi connectivity index (χ4v) is 4.24. The van der Waals surface area contributed by atoms with Crippen LogP contribution in [0.2, 0.25) is 0 Å². The molecule has 3 aromatic rings. The van der Waals surface area contributed by atoms with Crippen molar-refractivity contribution >= 4 is 5.91 Å². The molecule has 31 heavy (non-hydrogen) atoms. The van der Waals surface area contributed by atoms with Crippen LogP contribution in [-0.2, 0) is 12.0 Å². The van der Waals surface area contributed by atoms with E-state index in [1.807, 2.05) is 18.2 Å². The fraction of sp³-hybridized carbons (Fsp3) is 0.333. The zero-order chi connectivity index (χ0) is 22.2. The molecule has 0 bridgehead atoms. The summed E-state index contributed by atoms with van der Waals surface area (Å²) in [5.74, 6) is -2.21. The number of aromatic nitrogens is 1. The van der Waals surface area contributed by atoms with Crippen molar-refractivity contribution in [3.63, 3.8) is 0 Å². The van der Waals surface area contributed by atoms with Crippen LogP contribution in [0.1, 0.15) is 42.1 Å². The highest BCUT2D eigenvalue weighted by atomic mass is 19.1. The maximum atomic E-state index is 13.7. The molecule has 162 valence electrons. The second kappa shape index (κ2) is 7.80. The van der Waals surface area contributed by atoms with E-state index in [9.17, 15) is 13.6 Å². The first-order chi connectivity index (χ1) is 14.7. The molecule has 0 radical (unpaired) electrons. The van der Waals surface area contributed by atoms with Crippen LogP contribution in [-0.4, -0.2) is 29.6 Å². The summed E-state index contributed by atoms with van der Waals surface area (Å²) < 4.78 is 37.7. The van der Waals surface area contributed by atoms with Crippen molar-refractivity contribution in [2.75, 3.05) is 13.6 Å². The minimum atomic E-state index is -0.811. The highest BCUT2D eigenvalue weighted by molar-refractivity contribution is 5.92. The molecular weight excluding hydrogens is 402 g/mol. The smallest absolute Gasteiger partial charge is 0.275 e. The monoisotopic (exact) mass is 426 g/mol. The van der Waals surface area contributed by atoms with Crippen molar-refractivity contribution in [1.29, 1.82) is 0 Å². The van der Waals surface area contributed by atoms with Gasteiger partial charge in [-0.25, -0.2) is 8.78 Å². The van der Waals surface area contributed by atoms with Gasteiger partial charge < -0.3 is 14.2 Å². The summed E-state index contributed by atoms with van der Waals surface area (Å²) in [4.78, 5) is 14.6. The molecule has 0 aliphatic heterocycles. The minimum absolute atomic E-state index is 0.0789. The Balaban J connectivity index is 1.44. The van der Waals surface area contributed by atoms with Crippen LogP contribution in [0.15, 0.2) is 59.1 Å². The molecule has 1 amide bonds. The van der Waals surface area contributed by atoms with Crippen LogP contribution < -0.4 is 4.74 Å². The molecular formula is C24H24F2N2O3. The third kappa shape index (κ3) is 3.92. The Hall–Kier alpha value is -3.22. The number of ether oxygens (including phenoxy) is 1. The maximum Gasteiger partial charge on any atom is 0.275 e. The van der Waals surface area contributed by atoms with Gasteiger partial charge in [0.05, 0.1) is 0 Å². The predicted molar refractivity (Wildman–Crippen MR) is 111 cm³/mol. The Bertz CT molecular complexity index is 1080. The van der Waals surface area contributed by atoms with Crippen molar-refractivity contribution in [2.45, 2.75) is 32.3 Å². The van der Waals surface area contributed by atoms with Gasteiger partial charge in [-0.05, 0) is 29.5 Å². The standard InChI is InChI=1S/C24H24F2N2O3/c1-23(2)14-24(23,16-8-5-4-6-9-16)15-28(3)22(29)20-12-17(31-27-20)13-30-21-18(25)10-7-11-19(21)26/h4-12H,13-15H2,1-3H3/t24-/m0/s1. The van der Waals surface area contributed by atoms with Gasteiger partial charge in [0.2, 0.25) is 0 Å². The van der Waals surface area contributed by atoms with Gasteiger partial charge in [0.1, 0.15) is 6.61 Å². The van der Waals surface area contributed by atoms with Crippen LogP contribution in [0.25, 0.3) is 0 Å². The quantitative estimate of drug-likeness (QED) is 0.535. The number of nitrogens with zero attached hydrogens (tertiary/aromatic N) is 2. The Morgan fingerprint density at radius 1 is 1.13 bits per heavy atom. The van der Waals surface area contributed by atoms with Gasteiger partial charge >= 0.3 is 0 Å². The molecule has 7 heteroatoms. The average Bonchev–Trinajstić information content (AvgIpc) is 3.07. The summed E-state index contributed by atoms with van der Waals surface area (Å²) in [6, 6.07) is 15.1. The van der Waals surface area contributed by atoms with Gasteiger partial charge in [-0.2, -0.15) is 0 Å². The topological polar surface area (TPSA) is 55.6 Å². The molecule has 0 unspecified atom stereocenters. The molecule has 1 fully saturated rings. The molecule has 1 aromatic heterocycles. The van der Waals surface area contributed by atoms with E-state index in [2.05, 4.69) is 31.1 Å². The zero-order valence-electron chi connectivity index (χ0n) is 17.7. The first kappa shape index (κ1) is 21.0. The van der Waals surface area contributed by atoms with Gasteiger partial charge in [-0.1, -0.05) is 55.4 Å². The van der Waals surface area contributed by atoms with Crippen molar-refractivity contribution in [1.82, 2.24) is 10.1 Å². The first-order valence-electron chi connectivity index (χ1n) is 10.1. The van der Waals surface area contributed by atoms with E-state index in [1.165, 1.54) is 17.7 Å². The Labute approximate surface area is 179 Å². The molecule has 4 rings (SSSR count). The number of hydrogen-bond donors (Lipinski definition) is 0. The van der Waals surface area contributed by atoms with E-state index in [4.69, 9.17) is 9.26 Å². The lowest BCUT2D eigenvalue weighted by molar-refractivity contribution is 0.0764. The average molecular weight is 426 g/mol. The fourth-order valence-electron chi connectivity index (χ4n) is 4.24. The molecule has 0 spiro atoms. The number of carbonyl (C=O) groups is 1. The summed E-state index contributed by atoms with van der Waals surface area (Å²) in [5, 5.41) is 3.82. The van der Waals surface area contributed by atoms with Gasteiger partial charge in [-0.15, -0.1) is 0 Å². The molecule has 0 N–H and O–H groups in total. The van der Waals surface area contributed by atoms with Crippen LogP contribution in [0, 0.1) is 17.0 Å². The summed E-state index contributed by atoms with van der Waals surface area (Å²) in [7, 11) is 1.74. The lowest BCUT2D eigenvalue weighted by Crippen LogP contribution is -2.36. The SMILES string of the molecule is CN(C[C@]1(c2ccccc2)CC1(C)C)C(=O)c1cc(COc2c(F)cccc2F)on1. The molecule has 1 aliphatic carbocycles. The number of rotatable bonds is 7. The van der Waals surface area contributed by atoms with E-state index in [0.29, 0.717) is 6.54 Å². The van der Waals surface area contributed by atoms with E-state index in [1.54, 1.807) is 11.9 Å². The van der Waals surface area contributed by atoms with Crippen LogP contribution in [0.4, 0.5) is 8.78 Å². The van der Waals surface area contributed by atoms with Gasteiger partial charge in [-0.3, -0.25) is 4.79 Å². The summed E-state index contributed by atoms with van der Waals surface area (Å²) >= 11 is 0. The first-order valence-corrected chi connectivity index (χ1v) is 10.1. The Morgan fingerprint density at radius 3 is 2.39 bits per heavy atom. The molecule has 0 saturated heterocycles. The molecule has 1 atom stereocenters. The number of benzene rings is 2. The zero-order valence-corrected chi connectivity index (χ0v) is 17.7. The van der Waals surface area contributed by atoms with Crippen LogP contribution in [0.3, 0.4) is 0 Å². The summed E-state index contributed by atoms with van der Waals surface area (Å²) in [6.45, 7) is 4.70. The largest absolute Gasteiger partial charge is 0.479 e. The number of halogens is 2. The number of carbonyl (C=O) groups excluding carboxylic acids is 1. The highest BCUT2D eigenvalue weighted by Crippen LogP contribution is 2.64. The number of para-hydroxylation sites is 1. The second-order valence-corrected chi connectivity index (χ2v) is 8.69. The normalized spacial score (nSPS) is 19.1. The number of amides is 1. The van der Waals surface area contributed by atoms with E-state index in [-0.39, 0.29) is 34.8 Å². The summed E-state index contributed by atoms with van der Waals surface area (Å²) in [5.41, 5.74) is 1.30. The van der Waals surface area contributed by atoms with Crippen molar-refractivity contribution in [2.24, 2.45) is 5.41 Å². The Morgan fingerprint density at radius 2 is 1.77 bits per heavy atom. The van der Waals surface area contributed by atoms with Crippen LogP contribution >= 0.6 is 0 Å². The van der Waals surface area contributed by atoms with Gasteiger partial charge in [0.15, 0.2) is 28.8 Å². The molecule has 1 heterocycles. The van der Waals surface area contributed by atoms with Gasteiger partial charge in [0, 0.05) is 25.1 Å². The Kier molecular flexibility index (Phi) is 5.29. The third-order valence-electron chi connectivity index (χ3n) is 6.15. The lowest BCUT2D eigenvalue weighted by Gasteiger charge is -2.27. The number of likely N-dealkylation sites (N-methyl/N-ethyl adjacent to an activating group) is 1. The van der Waals surface area contributed by atoms with Crippen molar-refractivity contribution in [3.8, 4) is 5.75 Å². The summed E-state index contributed by atoms with van der Waals surface area (Å²) in [6.07, 6.45) is 0.980. The minimum Gasteiger partial charge on any atom is -0.479 e. The second-order valence-electron chi connectivity index (χ2n) is 8.69. The lowest BCUT2D eigenvalue weighted by atomic mass is 9.87. The predicted octanol–water partition coefficient (Wildman–Crippen LogP) is 4.97. The van der Waals surface area contributed by atoms with E-state index < -0.39 is 17.4 Å². The highest BCUT2D eigenvalue weighted by Gasteiger charge is 2.62. The van der Waals surface area contributed by atoms with E-state index >= 15 is 0 Å². The van der Waals surface area contributed by atoms with Crippen molar-refractivity contribution < 1.29 is 22.8 Å². The van der Waals surface area contributed by atoms with Crippen molar-refractivity contribution in [3.05, 3.63) is 83.2 Å². The molecule has 2 aromatic carbocycles. The van der Waals surface area contributed by atoms with E-state index in [0.717, 1.165) is 18.6 Å². The third-order valence-corrected chi connectivity index (χ3v) is 6.15. The molecule has 5 nitrogen and oxygen atoms in total. The number of hydrogen-bond acceptors (Lipinski definition) is 4. The molecule has 1 saturated carbocycles. The van der Waals surface area contributed by atoms with Gasteiger partial charge in [0.25, 0.3) is 5.91 Å².